The van der Waals surface area contributed by atoms with Crippen LogP contribution in [-0.2, 0) is 4.79 Å². The van der Waals surface area contributed by atoms with Gasteiger partial charge in [0.15, 0.2) is 0 Å². The van der Waals surface area contributed by atoms with Gasteiger partial charge >= 0.3 is 0 Å². The van der Waals surface area contributed by atoms with Gasteiger partial charge in [0.05, 0.1) is 19.0 Å². The van der Waals surface area contributed by atoms with E-state index >= 15 is 0 Å². The molecule has 0 radical (unpaired) electrons. The SMILES string of the molecule is CN(CCC#N)C(=O)CN1C2CCC1CC(N)C2. The predicted molar refractivity (Wildman–Crippen MR) is 68.6 cm³/mol. The summed E-state index contributed by atoms with van der Waals surface area (Å²) in [6.45, 7) is 1.02. The Morgan fingerprint density at radius 1 is 1.44 bits per heavy atom. The van der Waals surface area contributed by atoms with Gasteiger partial charge in [-0.25, -0.2) is 0 Å². The first kappa shape index (κ1) is 13.3. The average molecular weight is 250 g/mol. The minimum atomic E-state index is 0.123. The Balaban J connectivity index is 1.87. The molecule has 0 aromatic rings. The number of nitrogens with zero attached hydrogens (tertiary/aromatic N) is 3. The van der Waals surface area contributed by atoms with Crippen molar-refractivity contribution in [2.45, 2.75) is 50.2 Å². The van der Waals surface area contributed by atoms with E-state index in [9.17, 15) is 4.79 Å². The zero-order chi connectivity index (χ0) is 13.1. The molecule has 0 aromatic carbocycles. The van der Waals surface area contributed by atoms with Crippen molar-refractivity contribution in [3.05, 3.63) is 0 Å². The third-order valence-electron chi connectivity index (χ3n) is 4.22. The molecule has 2 bridgehead atoms. The van der Waals surface area contributed by atoms with E-state index in [0.717, 1.165) is 12.8 Å². The van der Waals surface area contributed by atoms with Crippen LogP contribution in [0, 0.1) is 11.3 Å². The maximum absolute atomic E-state index is 12.1. The molecule has 1 amide bonds. The van der Waals surface area contributed by atoms with Gasteiger partial charge in [-0.05, 0) is 25.7 Å². The molecule has 5 nitrogen and oxygen atoms in total. The molecule has 100 valence electrons. The van der Waals surface area contributed by atoms with Crippen molar-refractivity contribution in [1.29, 1.82) is 5.26 Å². The third-order valence-corrected chi connectivity index (χ3v) is 4.22. The van der Waals surface area contributed by atoms with Crippen LogP contribution in [0.1, 0.15) is 32.1 Å². The number of fused-ring (bicyclic) bond motifs is 2. The Kier molecular flexibility index (Phi) is 4.20. The Bertz CT molecular complexity index is 337. The van der Waals surface area contributed by atoms with Crippen LogP contribution in [0.5, 0.6) is 0 Å². The Morgan fingerprint density at radius 2 is 2.06 bits per heavy atom. The summed E-state index contributed by atoms with van der Waals surface area (Å²) in [4.78, 5) is 16.1. The molecule has 0 aliphatic carbocycles. The first-order chi connectivity index (χ1) is 8.61. The fourth-order valence-corrected chi connectivity index (χ4v) is 3.19. The van der Waals surface area contributed by atoms with Crippen LogP contribution in [0.4, 0.5) is 0 Å². The topological polar surface area (TPSA) is 73.4 Å². The van der Waals surface area contributed by atoms with E-state index in [1.165, 1.54) is 12.8 Å². The molecule has 2 N–H and O–H groups in total. The van der Waals surface area contributed by atoms with Gasteiger partial charge in [-0.2, -0.15) is 5.26 Å². The molecule has 5 heteroatoms. The van der Waals surface area contributed by atoms with Gasteiger partial charge in [0, 0.05) is 31.7 Å². The van der Waals surface area contributed by atoms with E-state index in [-0.39, 0.29) is 5.91 Å². The molecule has 0 aromatic heterocycles. The molecule has 0 saturated carbocycles. The van der Waals surface area contributed by atoms with Gasteiger partial charge in [0.1, 0.15) is 0 Å². The standard InChI is InChI=1S/C13H22N4O/c1-16(6-2-5-14)13(18)9-17-11-3-4-12(17)8-10(15)7-11/h10-12H,2-4,6-9,15H2,1H3. The molecule has 2 atom stereocenters. The second kappa shape index (κ2) is 5.68. The van der Waals surface area contributed by atoms with Crippen molar-refractivity contribution in [3.8, 4) is 6.07 Å². The van der Waals surface area contributed by atoms with E-state index in [1.807, 2.05) is 0 Å². The lowest BCUT2D eigenvalue weighted by atomic mass is 9.98. The number of nitrogens with two attached hydrogens (primary N) is 1. The number of carbonyl (C=O) groups is 1. The molecule has 2 fully saturated rings. The highest BCUT2D eigenvalue weighted by atomic mass is 16.2. The van der Waals surface area contributed by atoms with Gasteiger partial charge < -0.3 is 10.6 Å². The lowest BCUT2D eigenvalue weighted by Gasteiger charge is -2.37. The van der Waals surface area contributed by atoms with E-state index in [1.54, 1.807) is 11.9 Å². The Labute approximate surface area is 109 Å². The van der Waals surface area contributed by atoms with Gasteiger partial charge in [-0.15, -0.1) is 0 Å². The summed E-state index contributed by atoms with van der Waals surface area (Å²) in [5, 5.41) is 8.53. The van der Waals surface area contributed by atoms with Gasteiger partial charge in [-0.3, -0.25) is 9.69 Å². The molecule has 2 rings (SSSR count). The van der Waals surface area contributed by atoms with Crippen molar-refractivity contribution in [2.75, 3.05) is 20.1 Å². The fourth-order valence-electron chi connectivity index (χ4n) is 3.19. The quantitative estimate of drug-likeness (QED) is 0.779. The fraction of sp³-hybridized carbons (Fsp3) is 0.846. The molecular weight excluding hydrogens is 228 g/mol. The summed E-state index contributed by atoms with van der Waals surface area (Å²) >= 11 is 0. The Morgan fingerprint density at radius 3 is 2.61 bits per heavy atom. The molecule has 2 saturated heterocycles. The van der Waals surface area contributed by atoms with E-state index < -0.39 is 0 Å². The minimum Gasteiger partial charge on any atom is -0.344 e. The van der Waals surface area contributed by atoms with Gasteiger partial charge in [0.2, 0.25) is 5.91 Å². The van der Waals surface area contributed by atoms with Crippen LogP contribution in [-0.4, -0.2) is 54.0 Å². The molecular formula is C13H22N4O. The second-order valence-corrected chi connectivity index (χ2v) is 5.51. The molecule has 18 heavy (non-hydrogen) atoms. The average Bonchev–Trinajstić information content (AvgIpc) is 2.59. The van der Waals surface area contributed by atoms with Crippen molar-refractivity contribution >= 4 is 5.91 Å². The first-order valence-corrected chi connectivity index (χ1v) is 6.74. The van der Waals surface area contributed by atoms with Crippen LogP contribution in [0.15, 0.2) is 0 Å². The maximum atomic E-state index is 12.1. The molecule has 2 aliphatic rings. The number of likely N-dealkylation sites (N-methyl/N-ethyl adjacent to an activating group) is 1. The number of piperidine rings is 1. The van der Waals surface area contributed by atoms with Crippen molar-refractivity contribution in [2.24, 2.45) is 5.73 Å². The number of nitriles is 1. The molecule has 2 heterocycles. The van der Waals surface area contributed by atoms with Crippen LogP contribution in [0.25, 0.3) is 0 Å². The highest BCUT2D eigenvalue weighted by molar-refractivity contribution is 5.78. The number of amides is 1. The first-order valence-electron chi connectivity index (χ1n) is 6.74. The summed E-state index contributed by atoms with van der Waals surface area (Å²) in [5.74, 6) is 0.123. The third kappa shape index (κ3) is 2.82. The summed E-state index contributed by atoms with van der Waals surface area (Å²) in [7, 11) is 1.78. The summed E-state index contributed by atoms with van der Waals surface area (Å²) in [6.07, 6.45) is 4.79. The number of hydrogen-bond acceptors (Lipinski definition) is 4. The van der Waals surface area contributed by atoms with Crippen LogP contribution < -0.4 is 5.73 Å². The van der Waals surface area contributed by atoms with Crippen LogP contribution in [0.2, 0.25) is 0 Å². The number of rotatable bonds is 4. The Hall–Kier alpha value is -1.12. The second-order valence-electron chi connectivity index (χ2n) is 5.51. The monoisotopic (exact) mass is 250 g/mol. The summed E-state index contributed by atoms with van der Waals surface area (Å²) in [5.41, 5.74) is 6.02. The lowest BCUT2D eigenvalue weighted by molar-refractivity contribution is -0.132. The van der Waals surface area contributed by atoms with Crippen LogP contribution >= 0.6 is 0 Å². The lowest BCUT2D eigenvalue weighted by Crippen LogP contribution is -2.51. The van der Waals surface area contributed by atoms with Crippen molar-refractivity contribution in [3.63, 3.8) is 0 Å². The van der Waals surface area contributed by atoms with E-state index in [4.69, 9.17) is 11.0 Å². The van der Waals surface area contributed by atoms with Crippen LogP contribution in [0.3, 0.4) is 0 Å². The smallest absolute Gasteiger partial charge is 0.236 e. The van der Waals surface area contributed by atoms with Crippen molar-refractivity contribution in [1.82, 2.24) is 9.80 Å². The molecule has 2 unspecified atom stereocenters. The largest absolute Gasteiger partial charge is 0.344 e. The van der Waals surface area contributed by atoms with E-state index in [2.05, 4.69) is 11.0 Å². The summed E-state index contributed by atoms with van der Waals surface area (Å²) < 4.78 is 0. The zero-order valence-electron chi connectivity index (χ0n) is 11.0. The highest BCUT2D eigenvalue weighted by Gasteiger charge is 2.40. The maximum Gasteiger partial charge on any atom is 0.236 e. The number of hydrogen-bond donors (Lipinski definition) is 1. The number of carbonyl (C=O) groups excluding carboxylic acids is 1. The van der Waals surface area contributed by atoms with E-state index in [0.29, 0.717) is 37.6 Å². The van der Waals surface area contributed by atoms with Crippen molar-refractivity contribution < 1.29 is 4.79 Å². The summed E-state index contributed by atoms with van der Waals surface area (Å²) in [6, 6.07) is 3.36. The highest BCUT2D eigenvalue weighted by Crippen LogP contribution is 2.34. The van der Waals surface area contributed by atoms with Gasteiger partial charge in [-0.1, -0.05) is 0 Å². The molecule has 0 spiro atoms. The van der Waals surface area contributed by atoms with Gasteiger partial charge in [0.25, 0.3) is 0 Å². The normalized spacial score (nSPS) is 31.1. The molecule has 2 aliphatic heterocycles. The zero-order valence-corrected chi connectivity index (χ0v) is 11.0. The minimum absolute atomic E-state index is 0.123. The predicted octanol–water partition coefficient (Wildman–Crippen LogP) is 0.313.